The number of likely N-dealkylation sites (N-methyl/N-ethyl adjacent to an activating group) is 1. The van der Waals surface area contributed by atoms with Crippen LogP contribution in [0.4, 0.5) is 4.79 Å². The Morgan fingerprint density at radius 2 is 2.00 bits per heavy atom. The van der Waals surface area contributed by atoms with Crippen LogP contribution in [0.25, 0.3) is 0 Å². The topological polar surface area (TPSA) is 86.4 Å². The predicted molar refractivity (Wildman–Crippen MR) is 101 cm³/mol. The summed E-state index contributed by atoms with van der Waals surface area (Å²) in [6.07, 6.45) is 1.98. The number of furan rings is 1. The van der Waals surface area contributed by atoms with E-state index in [0.29, 0.717) is 22.9 Å². The number of amides is 4. The first kappa shape index (κ1) is 18.2. The average molecular weight is 401 g/mol. The second-order valence-electron chi connectivity index (χ2n) is 6.65. The van der Waals surface area contributed by atoms with Crippen LogP contribution in [0.1, 0.15) is 23.8 Å². The number of nitrogens with zero attached hydrogens (tertiary/aromatic N) is 4. The quantitative estimate of drug-likeness (QED) is 0.738. The summed E-state index contributed by atoms with van der Waals surface area (Å²) in [6, 6.07) is 9.74. The number of benzene rings is 1. The van der Waals surface area contributed by atoms with Gasteiger partial charge in [-0.15, -0.1) is 0 Å². The van der Waals surface area contributed by atoms with Crippen LogP contribution in [-0.2, 0) is 9.59 Å². The summed E-state index contributed by atoms with van der Waals surface area (Å²) >= 11 is 5.95. The molecular formula is C19H17ClN4O4. The van der Waals surface area contributed by atoms with Crippen molar-refractivity contribution in [3.63, 3.8) is 0 Å². The van der Waals surface area contributed by atoms with Gasteiger partial charge in [0.15, 0.2) is 0 Å². The molecule has 0 saturated carbocycles. The highest BCUT2D eigenvalue weighted by atomic mass is 35.5. The lowest BCUT2D eigenvalue weighted by Gasteiger charge is -2.22. The van der Waals surface area contributed by atoms with Crippen molar-refractivity contribution < 1.29 is 18.8 Å². The van der Waals surface area contributed by atoms with Gasteiger partial charge >= 0.3 is 6.03 Å². The van der Waals surface area contributed by atoms with E-state index in [0.717, 1.165) is 10.5 Å². The largest absolute Gasteiger partial charge is 0.467 e. The number of hydrogen-bond donors (Lipinski definition) is 0. The average Bonchev–Trinajstić information content (AvgIpc) is 3.39. The molecular weight excluding hydrogens is 384 g/mol. The molecule has 4 amide bonds. The molecule has 4 rings (SSSR count). The first-order valence-corrected chi connectivity index (χ1v) is 9.06. The van der Waals surface area contributed by atoms with E-state index in [2.05, 4.69) is 5.10 Å². The molecule has 28 heavy (non-hydrogen) atoms. The number of carbonyl (C=O) groups is 3. The third-order valence-corrected chi connectivity index (χ3v) is 4.99. The monoisotopic (exact) mass is 400 g/mol. The van der Waals surface area contributed by atoms with E-state index in [4.69, 9.17) is 16.0 Å². The maximum Gasteiger partial charge on any atom is 0.327 e. The van der Waals surface area contributed by atoms with E-state index in [9.17, 15) is 14.4 Å². The normalized spacial score (nSPS) is 19.6. The highest BCUT2D eigenvalue weighted by Crippen LogP contribution is 2.33. The Morgan fingerprint density at radius 3 is 2.61 bits per heavy atom. The van der Waals surface area contributed by atoms with Crippen LogP contribution >= 0.6 is 11.6 Å². The van der Waals surface area contributed by atoms with Gasteiger partial charge in [0.25, 0.3) is 11.8 Å². The van der Waals surface area contributed by atoms with E-state index < -0.39 is 23.9 Å². The Hall–Kier alpha value is -3.13. The summed E-state index contributed by atoms with van der Waals surface area (Å²) in [5, 5.41) is 6.37. The molecule has 0 aliphatic carbocycles. The van der Waals surface area contributed by atoms with Crippen LogP contribution in [0.2, 0.25) is 5.02 Å². The Balaban J connectivity index is 1.61. The second kappa shape index (κ2) is 7.12. The molecule has 2 aromatic rings. The van der Waals surface area contributed by atoms with Gasteiger partial charge in [0.2, 0.25) is 0 Å². The van der Waals surface area contributed by atoms with Crippen LogP contribution < -0.4 is 0 Å². The highest BCUT2D eigenvalue weighted by Gasteiger charge is 2.40. The van der Waals surface area contributed by atoms with Gasteiger partial charge in [0.05, 0.1) is 12.0 Å². The number of urea groups is 1. The lowest BCUT2D eigenvalue weighted by molar-refractivity contribution is -0.138. The number of carbonyl (C=O) groups excluding carboxylic acids is 3. The first-order valence-electron chi connectivity index (χ1n) is 8.68. The third kappa shape index (κ3) is 3.27. The minimum absolute atomic E-state index is 0.0347. The zero-order chi connectivity index (χ0) is 19.8. The van der Waals surface area contributed by atoms with Gasteiger partial charge < -0.3 is 9.32 Å². The summed E-state index contributed by atoms with van der Waals surface area (Å²) in [6.45, 7) is -0.399. The standard InChI is InChI=1S/C19H17ClN4O4/c1-22-10-17(25)23(19(22)27)11-18(26)24-15(16-3-2-8-28-16)9-14(21-24)12-4-6-13(20)7-5-12/h2-8,15H,9-11H2,1H3/t15-/m1/s1. The zero-order valence-electron chi connectivity index (χ0n) is 15.0. The molecule has 1 atom stereocenters. The van der Waals surface area contributed by atoms with Gasteiger partial charge in [-0.3, -0.25) is 14.5 Å². The van der Waals surface area contributed by atoms with Crippen molar-refractivity contribution in [2.45, 2.75) is 12.5 Å². The molecule has 1 fully saturated rings. The summed E-state index contributed by atoms with van der Waals surface area (Å²) in [7, 11) is 1.52. The van der Waals surface area contributed by atoms with Crippen molar-refractivity contribution in [1.29, 1.82) is 0 Å². The Kier molecular flexibility index (Phi) is 4.64. The fraction of sp³-hybridized carbons (Fsp3) is 0.263. The van der Waals surface area contributed by atoms with E-state index in [-0.39, 0.29) is 13.1 Å². The van der Waals surface area contributed by atoms with Crippen LogP contribution in [0.3, 0.4) is 0 Å². The summed E-state index contributed by atoms with van der Waals surface area (Å²) in [5.74, 6) is -0.281. The van der Waals surface area contributed by atoms with Crippen LogP contribution in [0.15, 0.2) is 52.2 Å². The molecule has 0 N–H and O–H groups in total. The lowest BCUT2D eigenvalue weighted by atomic mass is 10.0. The second-order valence-corrected chi connectivity index (χ2v) is 7.08. The SMILES string of the molecule is CN1CC(=O)N(CC(=O)N2N=C(c3ccc(Cl)cc3)C[C@@H]2c2ccco2)C1=O. The van der Waals surface area contributed by atoms with Gasteiger partial charge in [-0.2, -0.15) is 5.10 Å². The van der Waals surface area contributed by atoms with Crippen molar-refractivity contribution in [2.24, 2.45) is 5.10 Å². The molecule has 144 valence electrons. The van der Waals surface area contributed by atoms with Crippen LogP contribution in [-0.4, -0.2) is 58.5 Å². The molecule has 9 heteroatoms. The number of hydrogen-bond acceptors (Lipinski definition) is 5. The van der Waals surface area contributed by atoms with Gasteiger partial charge in [-0.25, -0.2) is 9.80 Å². The third-order valence-electron chi connectivity index (χ3n) is 4.74. The minimum atomic E-state index is -0.492. The van der Waals surface area contributed by atoms with Gasteiger partial charge in [0, 0.05) is 18.5 Å². The van der Waals surface area contributed by atoms with Gasteiger partial charge in [0.1, 0.15) is 24.9 Å². The van der Waals surface area contributed by atoms with Crippen molar-refractivity contribution in [3.8, 4) is 0 Å². The van der Waals surface area contributed by atoms with Crippen molar-refractivity contribution >= 4 is 35.2 Å². The first-order chi connectivity index (χ1) is 13.4. The summed E-state index contributed by atoms with van der Waals surface area (Å²) in [4.78, 5) is 39.2. The molecule has 2 aliphatic heterocycles. The fourth-order valence-corrected chi connectivity index (χ4v) is 3.42. The van der Waals surface area contributed by atoms with Gasteiger partial charge in [-0.05, 0) is 29.8 Å². The lowest BCUT2D eigenvalue weighted by Crippen LogP contribution is -2.41. The Bertz CT molecular complexity index is 955. The minimum Gasteiger partial charge on any atom is -0.467 e. The predicted octanol–water partition coefficient (Wildman–Crippen LogP) is 2.50. The maximum absolute atomic E-state index is 12.9. The number of halogens is 1. The molecule has 1 aromatic carbocycles. The number of imide groups is 1. The molecule has 0 radical (unpaired) electrons. The van der Waals surface area contributed by atoms with Crippen LogP contribution in [0, 0.1) is 0 Å². The fourth-order valence-electron chi connectivity index (χ4n) is 3.29. The number of rotatable bonds is 4. The molecule has 2 aliphatic rings. The van der Waals surface area contributed by atoms with Crippen molar-refractivity contribution in [2.75, 3.05) is 20.1 Å². The highest BCUT2D eigenvalue weighted by molar-refractivity contribution is 6.30. The molecule has 1 aromatic heterocycles. The molecule has 8 nitrogen and oxygen atoms in total. The van der Waals surface area contributed by atoms with E-state index in [1.165, 1.54) is 23.2 Å². The smallest absolute Gasteiger partial charge is 0.327 e. The summed E-state index contributed by atoms with van der Waals surface area (Å²) in [5.41, 5.74) is 1.53. The molecule has 0 bridgehead atoms. The van der Waals surface area contributed by atoms with E-state index in [1.54, 1.807) is 24.3 Å². The Labute approximate surface area is 165 Å². The van der Waals surface area contributed by atoms with Gasteiger partial charge in [-0.1, -0.05) is 23.7 Å². The Morgan fingerprint density at radius 1 is 1.25 bits per heavy atom. The molecule has 1 saturated heterocycles. The maximum atomic E-state index is 12.9. The number of hydrazone groups is 1. The summed E-state index contributed by atoms with van der Waals surface area (Å²) < 4.78 is 5.49. The van der Waals surface area contributed by atoms with Crippen molar-refractivity contribution in [3.05, 3.63) is 59.0 Å². The van der Waals surface area contributed by atoms with Crippen LogP contribution in [0.5, 0.6) is 0 Å². The van der Waals surface area contributed by atoms with Crippen molar-refractivity contribution in [1.82, 2.24) is 14.8 Å². The van der Waals surface area contributed by atoms with E-state index in [1.807, 2.05) is 12.1 Å². The van der Waals surface area contributed by atoms with E-state index >= 15 is 0 Å². The zero-order valence-corrected chi connectivity index (χ0v) is 15.8. The molecule has 0 spiro atoms. The molecule has 0 unspecified atom stereocenters. The molecule has 3 heterocycles.